The summed E-state index contributed by atoms with van der Waals surface area (Å²) < 4.78 is 43.4. The second kappa shape index (κ2) is 4.11. The third-order valence-electron chi connectivity index (χ3n) is 1.80. The summed E-state index contributed by atoms with van der Waals surface area (Å²) in [6.45, 7) is 0. The van der Waals surface area contributed by atoms with Crippen molar-refractivity contribution in [2.24, 2.45) is 0 Å². The molecule has 0 spiro atoms. The zero-order valence-electron chi connectivity index (χ0n) is 7.92. The molecule has 0 saturated carbocycles. The van der Waals surface area contributed by atoms with Crippen LogP contribution in [-0.2, 0) is 10.1 Å². The van der Waals surface area contributed by atoms with Crippen molar-refractivity contribution in [3.8, 4) is 0 Å². The van der Waals surface area contributed by atoms with Gasteiger partial charge in [-0.25, -0.2) is 14.0 Å². The summed E-state index contributed by atoms with van der Waals surface area (Å²) in [5.74, 6) is -5.29. The van der Waals surface area contributed by atoms with Crippen molar-refractivity contribution >= 4 is 22.1 Å². The average molecular weight is 264 g/mol. The van der Waals surface area contributed by atoms with Crippen LogP contribution in [0.25, 0.3) is 0 Å². The van der Waals surface area contributed by atoms with Crippen LogP contribution in [0.5, 0.6) is 0 Å². The third kappa shape index (κ3) is 2.57. The molecule has 7 nitrogen and oxygen atoms in total. The number of hydrogen-bond donors (Lipinski definition) is 3. The number of carboxylic acids is 2. The fourth-order valence-corrected chi connectivity index (χ4v) is 1.59. The standard InChI is InChI=1S/C8H5FO7S/c9-6-4(7(10)11)1-3(17(14,15)16)2-5(6)8(12)13/h1-2H,(H,10,11)(H,12,13)(H,14,15,16). The Morgan fingerprint density at radius 2 is 1.41 bits per heavy atom. The van der Waals surface area contributed by atoms with Gasteiger partial charge in [-0.1, -0.05) is 0 Å². The van der Waals surface area contributed by atoms with Gasteiger partial charge in [0.1, 0.15) is 0 Å². The summed E-state index contributed by atoms with van der Waals surface area (Å²) in [5, 5.41) is 17.1. The normalized spacial score (nSPS) is 11.2. The molecule has 0 aliphatic rings. The van der Waals surface area contributed by atoms with Gasteiger partial charge in [0.25, 0.3) is 10.1 Å². The second-order valence-corrected chi connectivity index (χ2v) is 4.34. The maximum absolute atomic E-state index is 13.3. The molecule has 0 amide bonds. The Labute approximate surface area is 93.9 Å². The molecule has 9 heteroatoms. The highest BCUT2D eigenvalue weighted by atomic mass is 32.2. The van der Waals surface area contributed by atoms with Crippen LogP contribution in [0.2, 0.25) is 0 Å². The first-order chi connectivity index (χ1) is 7.64. The number of hydrogen-bond acceptors (Lipinski definition) is 4. The molecule has 0 bridgehead atoms. The van der Waals surface area contributed by atoms with Crippen LogP contribution in [0, 0.1) is 5.82 Å². The summed E-state index contributed by atoms with van der Waals surface area (Å²) in [7, 11) is -4.82. The van der Waals surface area contributed by atoms with Gasteiger partial charge in [0.05, 0.1) is 16.0 Å². The highest BCUT2D eigenvalue weighted by Gasteiger charge is 2.24. The van der Waals surface area contributed by atoms with E-state index in [1.54, 1.807) is 0 Å². The minimum absolute atomic E-state index is 0.333. The number of halogens is 1. The van der Waals surface area contributed by atoms with Crippen molar-refractivity contribution in [2.75, 3.05) is 0 Å². The molecule has 1 rings (SSSR count). The quantitative estimate of drug-likeness (QED) is 0.676. The van der Waals surface area contributed by atoms with Crippen LogP contribution < -0.4 is 0 Å². The maximum Gasteiger partial charge on any atom is 0.338 e. The van der Waals surface area contributed by atoms with E-state index < -0.39 is 43.9 Å². The lowest BCUT2D eigenvalue weighted by Gasteiger charge is -2.04. The molecular weight excluding hydrogens is 259 g/mol. The second-order valence-electron chi connectivity index (χ2n) is 2.92. The van der Waals surface area contributed by atoms with Gasteiger partial charge in [-0.2, -0.15) is 8.42 Å². The van der Waals surface area contributed by atoms with Gasteiger partial charge in [-0.3, -0.25) is 4.55 Å². The van der Waals surface area contributed by atoms with E-state index in [-0.39, 0.29) is 0 Å². The first-order valence-electron chi connectivity index (χ1n) is 3.92. The van der Waals surface area contributed by atoms with E-state index in [0.717, 1.165) is 0 Å². The van der Waals surface area contributed by atoms with Gasteiger partial charge in [-0.05, 0) is 12.1 Å². The van der Waals surface area contributed by atoms with Crippen LogP contribution in [0.1, 0.15) is 20.7 Å². The molecule has 0 unspecified atom stereocenters. The first kappa shape index (κ1) is 13.1. The molecule has 1 aromatic rings. The Balaban J connectivity index is 3.71. The monoisotopic (exact) mass is 264 g/mol. The maximum atomic E-state index is 13.3. The SMILES string of the molecule is O=C(O)c1cc(S(=O)(=O)O)cc(C(=O)O)c1F. The van der Waals surface area contributed by atoms with Gasteiger partial charge in [0.15, 0.2) is 5.82 Å². The molecule has 0 aliphatic carbocycles. The Hall–Kier alpha value is -2.00. The molecule has 0 radical (unpaired) electrons. The van der Waals surface area contributed by atoms with Gasteiger partial charge in [0, 0.05) is 0 Å². The van der Waals surface area contributed by atoms with Gasteiger partial charge >= 0.3 is 11.9 Å². The lowest BCUT2D eigenvalue weighted by atomic mass is 10.1. The number of benzene rings is 1. The van der Waals surface area contributed by atoms with Crippen molar-refractivity contribution in [3.63, 3.8) is 0 Å². The largest absolute Gasteiger partial charge is 0.478 e. The van der Waals surface area contributed by atoms with Crippen LogP contribution in [0.3, 0.4) is 0 Å². The average Bonchev–Trinajstić information content (AvgIpc) is 2.14. The van der Waals surface area contributed by atoms with Crippen LogP contribution in [0.15, 0.2) is 17.0 Å². The number of rotatable bonds is 3. The van der Waals surface area contributed by atoms with Gasteiger partial charge < -0.3 is 10.2 Å². The van der Waals surface area contributed by atoms with Crippen molar-refractivity contribution in [3.05, 3.63) is 29.1 Å². The van der Waals surface area contributed by atoms with Crippen LogP contribution in [-0.4, -0.2) is 35.1 Å². The summed E-state index contributed by atoms with van der Waals surface area (Å²) in [4.78, 5) is 20.1. The Kier molecular flexibility index (Phi) is 3.16. The predicted molar refractivity (Wildman–Crippen MR) is 50.1 cm³/mol. The number of carbonyl (C=O) groups is 2. The van der Waals surface area contributed by atoms with Crippen LogP contribution in [0.4, 0.5) is 4.39 Å². The lowest BCUT2D eigenvalue weighted by Crippen LogP contribution is -2.11. The van der Waals surface area contributed by atoms with Gasteiger partial charge in [-0.15, -0.1) is 0 Å². The molecule has 0 aliphatic heterocycles. The highest BCUT2D eigenvalue weighted by Crippen LogP contribution is 2.20. The third-order valence-corrected chi connectivity index (χ3v) is 2.64. The van der Waals surface area contributed by atoms with E-state index in [2.05, 4.69) is 0 Å². The van der Waals surface area contributed by atoms with E-state index in [9.17, 15) is 22.4 Å². The molecular formula is C8H5FO7S. The van der Waals surface area contributed by atoms with Crippen molar-refractivity contribution < 1.29 is 37.2 Å². The molecule has 0 aromatic heterocycles. The predicted octanol–water partition coefficient (Wildman–Crippen LogP) is 0.469. The molecule has 0 heterocycles. The van der Waals surface area contributed by atoms with Crippen molar-refractivity contribution in [2.45, 2.75) is 4.90 Å². The summed E-state index contributed by atoms with van der Waals surface area (Å²) in [5.41, 5.74) is -2.31. The summed E-state index contributed by atoms with van der Waals surface area (Å²) >= 11 is 0. The Morgan fingerprint density at radius 1 is 1.06 bits per heavy atom. The molecule has 3 N–H and O–H groups in total. The molecule has 17 heavy (non-hydrogen) atoms. The van der Waals surface area contributed by atoms with E-state index >= 15 is 0 Å². The highest BCUT2D eigenvalue weighted by molar-refractivity contribution is 7.85. The summed E-state index contributed by atoms with van der Waals surface area (Å²) in [6, 6.07) is 0.666. The molecule has 0 saturated heterocycles. The number of carboxylic acid groups (broad SMARTS) is 2. The van der Waals surface area contributed by atoms with E-state index in [0.29, 0.717) is 12.1 Å². The van der Waals surface area contributed by atoms with E-state index in [1.165, 1.54) is 0 Å². The zero-order valence-corrected chi connectivity index (χ0v) is 8.73. The van der Waals surface area contributed by atoms with E-state index in [1.807, 2.05) is 0 Å². The Bertz CT molecular complexity index is 569. The summed E-state index contributed by atoms with van der Waals surface area (Å²) in [6.07, 6.45) is 0. The fourth-order valence-electron chi connectivity index (χ4n) is 1.06. The van der Waals surface area contributed by atoms with Gasteiger partial charge in [0.2, 0.25) is 0 Å². The number of aromatic carboxylic acids is 2. The molecule has 92 valence electrons. The lowest BCUT2D eigenvalue weighted by molar-refractivity contribution is 0.0687. The van der Waals surface area contributed by atoms with Crippen LogP contribution >= 0.6 is 0 Å². The molecule has 1 aromatic carbocycles. The minimum Gasteiger partial charge on any atom is -0.478 e. The fraction of sp³-hybridized carbons (Fsp3) is 0. The minimum atomic E-state index is -4.82. The smallest absolute Gasteiger partial charge is 0.338 e. The van der Waals surface area contributed by atoms with Crippen molar-refractivity contribution in [1.29, 1.82) is 0 Å². The zero-order chi connectivity index (χ0) is 13.4. The first-order valence-corrected chi connectivity index (χ1v) is 5.36. The Morgan fingerprint density at radius 3 is 1.65 bits per heavy atom. The molecule has 0 fully saturated rings. The topological polar surface area (TPSA) is 129 Å². The molecule has 0 atom stereocenters. The van der Waals surface area contributed by atoms with E-state index in [4.69, 9.17) is 14.8 Å². The van der Waals surface area contributed by atoms with Crippen molar-refractivity contribution in [1.82, 2.24) is 0 Å².